The highest BCUT2D eigenvalue weighted by molar-refractivity contribution is 5.96. The van der Waals surface area contributed by atoms with Crippen molar-refractivity contribution in [2.45, 2.75) is 12.6 Å². The van der Waals surface area contributed by atoms with Gasteiger partial charge in [-0.25, -0.2) is 0 Å². The summed E-state index contributed by atoms with van der Waals surface area (Å²) in [7, 11) is 0. The Morgan fingerprint density at radius 3 is 2.88 bits per heavy atom. The zero-order chi connectivity index (χ0) is 18.0. The third-order valence-electron chi connectivity index (χ3n) is 3.58. The molecule has 0 unspecified atom stereocenters. The Hall–Kier alpha value is -2.98. The van der Waals surface area contributed by atoms with E-state index in [4.69, 9.17) is 0 Å². The van der Waals surface area contributed by atoms with Gasteiger partial charge in [-0.2, -0.15) is 18.2 Å². The maximum absolute atomic E-state index is 12.4. The number of anilines is 1. The molecule has 25 heavy (non-hydrogen) atoms. The van der Waals surface area contributed by atoms with Crippen LogP contribution in [-0.4, -0.2) is 56.1 Å². The fourth-order valence-electron chi connectivity index (χ4n) is 2.46. The van der Waals surface area contributed by atoms with Crippen LogP contribution in [0.3, 0.4) is 0 Å². The second kappa shape index (κ2) is 6.49. The van der Waals surface area contributed by atoms with E-state index in [1.807, 2.05) is 0 Å². The Morgan fingerprint density at radius 2 is 2.20 bits per heavy atom. The minimum atomic E-state index is -4.50. The smallest absolute Gasteiger partial charge is 0.333 e. The van der Waals surface area contributed by atoms with Gasteiger partial charge in [-0.15, -0.1) is 5.10 Å². The van der Waals surface area contributed by atoms with Crippen LogP contribution in [0.5, 0.6) is 0 Å². The van der Waals surface area contributed by atoms with Gasteiger partial charge in [-0.1, -0.05) is 6.07 Å². The van der Waals surface area contributed by atoms with Crippen molar-refractivity contribution in [3.05, 3.63) is 24.4 Å². The van der Waals surface area contributed by atoms with E-state index in [0.29, 0.717) is 16.4 Å². The van der Waals surface area contributed by atoms with Crippen molar-refractivity contribution in [2.24, 2.45) is 5.92 Å². The summed E-state index contributed by atoms with van der Waals surface area (Å²) in [5.74, 6) is -1.90. The van der Waals surface area contributed by atoms with Gasteiger partial charge in [-0.3, -0.25) is 25.0 Å². The first-order chi connectivity index (χ1) is 11.8. The van der Waals surface area contributed by atoms with Gasteiger partial charge >= 0.3 is 6.18 Å². The number of aromatic amines is 1. The molecular formula is C14H13F3N6O2. The van der Waals surface area contributed by atoms with E-state index in [2.05, 4.69) is 25.5 Å². The quantitative estimate of drug-likeness (QED) is 0.859. The molecule has 0 aliphatic carbocycles. The lowest BCUT2D eigenvalue weighted by Crippen LogP contribution is -2.36. The van der Waals surface area contributed by atoms with Crippen LogP contribution in [0.2, 0.25) is 0 Å². The first-order valence-electron chi connectivity index (χ1n) is 7.31. The Kier molecular flexibility index (Phi) is 4.38. The Balaban J connectivity index is 1.62. The molecule has 1 atom stereocenters. The van der Waals surface area contributed by atoms with E-state index >= 15 is 0 Å². The average Bonchev–Trinajstić information content (AvgIpc) is 3.14. The summed E-state index contributed by atoms with van der Waals surface area (Å²) in [6.07, 6.45) is -3.21. The van der Waals surface area contributed by atoms with Gasteiger partial charge in [0.05, 0.1) is 5.92 Å². The van der Waals surface area contributed by atoms with Crippen LogP contribution in [0.15, 0.2) is 24.4 Å². The summed E-state index contributed by atoms with van der Waals surface area (Å²) in [6, 6.07) is 5.17. The lowest BCUT2D eigenvalue weighted by atomic mass is 10.1. The molecule has 2 aromatic rings. The molecule has 132 valence electrons. The number of rotatable bonds is 4. The first kappa shape index (κ1) is 16.9. The van der Waals surface area contributed by atoms with Crippen LogP contribution in [0.1, 0.15) is 6.42 Å². The summed E-state index contributed by atoms with van der Waals surface area (Å²) in [5, 5.41) is 8.81. The van der Waals surface area contributed by atoms with Crippen LogP contribution in [0.4, 0.5) is 19.1 Å². The number of carbonyl (C=O) groups is 2. The number of amides is 2. The number of nitrogens with zero attached hydrogens (tertiary/aromatic N) is 4. The molecule has 1 aliphatic heterocycles. The molecule has 0 spiro atoms. The Morgan fingerprint density at radius 1 is 1.40 bits per heavy atom. The standard InChI is InChI=1S/C14H13F3N6O2/c15-14(16,17)7-23-6-8(5-10(23)24)12(25)20-13-19-11(21-22-13)9-3-1-2-4-18-9/h1-4,8H,5-7H2,(H2,19,20,21,22,25)/t8-/m0/s1. The zero-order valence-corrected chi connectivity index (χ0v) is 12.7. The minimum absolute atomic E-state index is 0.0348. The number of alkyl halides is 3. The molecule has 0 aromatic carbocycles. The Bertz CT molecular complexity index is 776. The van der Waals surface area contributed by atoms with Crippen molar-refractivity contribution in [2.75, 3.05) is 18.4 Å². The summed E-state index contributed by atoms with van der Waals surface area (Å²) in [4.78, 5) is 32.5. The van der Waals surface area contributed by atoms with E-state index in [9.17, 15) is 22.8 Å². The molecule has 2 N–H and O–H groups in total. The highest BCUT2D eigenvalue weighted by Crippen LogP contribution is 2.24. The number of H-pyrrole nitrogens is 1. The van der Waals surface area contributed by atoms with Gasteiger partial charge in [0, 0.05) is 19.2 Å². The molecule has 3 rings (SSSR count). The number of halogens is 3. The van der Waals surface area contributed by atoms with Crippen LogP contribution in [-0.2, 0) is 9.59 Å². The summed E-state index contributed by atoms with van der Waals surface area (Å²) < 4.78 is 37.2. The number of pyridine rings is 1. The predicted molar refractivity (Wildman–Crippen MR) is 79.0 cm³/mol. The van der Waals surface area contributed by atoms with Crippen LogP contribution >= 0.6 is 0 Å². The minimum Gasteiger partial charge on any atom is -0.333 e. The molecule has 1 saturated heterocycles. The maximum atomic E-state index is 12.4. The molecule has 0 saturated carbocycles. The molecule has 3 heterocycles. The van der Waals surface area contributed by atoms with Crippen molar-refractivity contribution in [3.8, 4) is 11.5 Å². The monoisotopic (exact) mass is 354 g/mol. The van der Waals surface area contributed by atoms with Crippen molar-refractivity contribution in [3.63, 3.8) is 0 Å². The molecular weight excluding hydrogens is 341 g/mol. The first-order valence-corrected chi connectivity index (χ1v) is 7.31. The zero-order valence-electron chi connectivity index (χ0n) is 12.7. The molecule has 11 heteroatoms. The van der Waals surface area contributed by atoms with Crippen LogP contribution < -0.4 is 5.32 Å². The van der Waals surface area contributed by atoms with Gasteiger partial charge in [0.25, 0.3) is 0 Å². The number of nitrogens with one attached hydrogen (secondary N) is 2. The summed E-state index contributed by atoms with van der Waals surface area (Å²) in [5.41, 5.74) is 0.517. The van der Waals surface area contributed by atoms with Gasteiger partial charge < -0.3 is 4.90 Å². The van der Waals surface area contributed by atoms with Crippen molar-refractivity contribution in [1.29, 1.82) is 0 Å². The number of hydrogen-bond acceptors (Lipinski definition) is 5. The summed E-state index contributed by atoms with van der Waals surface area (Å²) >= 11 is 0. The maximum Gasteiger partial charge on any atom is 0.406 e. The molecule has 0 radical (unpaired) electrons. The number of likely N-dealkylation sites (tertiary alicyclic amines) is 1. The summed E-state index contributed by atoms with van der Waals surface area (Å²) in [6.45, 7) is -1.65. The van der Waals surface area contributed by atoms with Gasteiger partial charge in [0.2, 0.25) is 17.8 Å². The van der Waals surface area contributed by atoms with E-state index in [1.54, 1.807) is 24.4 Å². The van der Waals surface area contributed by atoms with E-state index < -0.39 is 30.5 Å². The molecule has 2 amide bonds. The fraction of sp³-hybridized carbons (Fsp3) is 0.357. The molecule has 0 bridgehead atoms. The third-order valence-corrected chi connectivity index (χ3v) is 3.58. The molecule has 1 fully saturated rings. The molecule has 2 aromatic heterocycles. The van der Waals surface area contributed by atoms with Crippen LogP contribution in [0, 0.1) is 5.92 Å². The van der Waals surface area contributed by atoms with Crippen molar-refractivity contribution < 1.29 is 22.8 Å². The number of carbonyl (C=O) groups excluding carboxylic acids is 2. The van der Waals surface area contributed by atoms with E-state index in [1.165, 1.54) is 0 Å². The molecule has 8 nitrogen and oxygen atoms in total. The Labute approximate surface area is 139 Å². The largest absolute Gasteiger partial charge is 0.406 e. The second-order valence-electron chi connectivity index (χ2n) is 5.50. The topological polar surface area (TPSA) is 104 Å². The lowest BCUT2D eigenvalue weighted by molar-refractivity contribution is -0.157. The third kappa shape index (κ3) is 4.11. The molecule has 1 aliphatic rings. The fourth-order valence-corrected chi connectivity index (χ4v) is 2.46. The lowest BCUT2D eigenvalue weighted by Gasteiger charge is -2.18. The van der Waals surface area contributed by atoms with Gasteiger partial charge in [-0.05, 0) is 12.1 Å². The van der Waals surface area contributed by atoms with Crippen molar-refractivity contribution >= 4 is 17.8 Å². The normalized spacial score (nSPS) is 17.8. The van der Waals surface area contributed by atoms with Gasteiger partial charge in [0.15, 0.2) is 5.82 Å². The SMILES string of the molecule is O=C(Nc1n[nH]c(-c2ccccn2)n1)[C@H]1CC(=O)N(CC(F)(F)F)C1. The highest BCUT2D eigenvalue weighted by atomic mass is 19.4. The van der Waals surface area contributed by atoms with Crippen molar-refractivity contribution in [1.82, 2.24) is 25.1 Å². The van der Waals surface area contributed by atoms with Crippen LogP contribution in [0.25, 0.3) is 11.5 Å². The second-order valence-corrected chi connectivity index (χ2v) is 5.50. The highest BCUT2D eigenvalue weighted by Gasteiger charge is 2.40. The van der Waals surface area contributed by atoms with Gasteiger partial charge in [0.1, 0.15) is 12.2 Å². The average molecular weight is 354 g/mol. The van der Waals surface area contributed by atoms with E-state index in [0.717, 1.165) is 0 Å². The number of aromatic nitrogens is 4. The van der Waals surface area contributed by atoms with E-state index in [-0.39, 0.29) is 18.9 Å². The number of hydrogen-bond donors (Lipinski definition) is 2. The predicted octanol–water partition coefficient (Wildman–Crippen LogP) is 1.22.